The molecule has 1 saturated heterocycles. The van der Waals surface area contributed by atoms with E-state index < -0.39 is 0 Å². The molecule has 0 bridgehead atoms. The lowest BCUT2D eigenvalue weighted by atomic mass is 9.98. The lowest BCUT2D eigenvalue weighted by Crippen LogP contribution is -2.33. The fourth-order valence-electron chi connectivity index (χ4n) is 0.492. The van der Waals surface area contributed by atoms with E-state index in [0.29, 0.717) is 0 Å². The second kappa shape index (κ2) is 1.51. The number of rotatable bonds is 1. The van der Waals surface area contributed by atoms with Crippen molar-refractivity contribution in [3.05, 3.63) is 0 Å². The van der Waals surface area contributed by atoms with Crippen LogP contribution in [0.1, 0.15) is 6.92 Å². The van der Waals surface area contributed by atoms with Gasteiger partial charge in [-0.05, 0) is 0 Å². The Balaban J connectivity index is 2.43. The third kappa shape index (κ3) is 0.801. The molecule has 0 aromatic carbocycles. The van der Waals surface area contributed by atoms with Gasteiger partial charge in [0.15, 0.2) is 0 Å². The fraction of sp³-hybridized carbons (Fsp3) is 0.800. The highest BCUT2D eigenvalue weighted by Crippen LogP contribution is 2.34. The molecule has 7 heavy (non-hydrogen) atoms. The van der Waals surface area contributed by atoms with Crippen molar-refractivity contribution in [2.24, 2.45) is 5.41 Å². The highest BCUT2D eigenvalue weighted by molar-refractivity contribution is 8.00. The topological polar surface area (TPSA) is 17.1 Å². The monoisotopic (exact) mass is 116 g/mol. The summed E-state index contributed by atoms with van der Waals surface area (Å²) in [5, 5.41) is 0. The van der Waals surface area contributed by atoms with Gasteiger partial charge in [0, 0.05) is 16.9 Å². The second-order valence-electron chi connectivity index (χ2n) is 2.26. The molecule has 1 aliphatic rings. The first-order valence-electron chi connectivity index (χ1n) is 2.31. The predicted octanol–water partition coefficient (Wildman–Crippen LogP) is 0.938. The summed E-state index contributed by atoms with van der Waals surface area (Å²) in [6.07, 6.45) is 1.06. The van der Waals surface area contributed by atoms with E-state index in [1.54, 1.807) is 0 Å². The summed E-state index contributed by atoms with van der Waals surface area (Å²) < 4.78 is 0. The van der Waals surface area contributed by atoms with Crippen LogP contribution in [0.2, 0.25) is 0 Å². The van der Waals surface area contributed by atoms with Crippen LogP contribution in [0.25, 0.3) is 0 Å². The Labute approximate surface area is 47.5 Å². The van der Waals surface area contributed by atoms with Crippen LogP contribution < -0.4 is 0 Å². The van der Waals surface area contributed by atoms with Gasteiger partial charge in [-0.25, -0.2) is 0 Å². The number of thioether (sulfide) groups is 1. The molecule has 1 aliphatic heterocycles. The van der Waals surface area contributed by atoms with Gasteiger partial charge < -0.3 is 4.79 Å². The Kier molecular flexibility index (Phi) is 1.11. The van der Waals surface area contributed by atoms with E-state index in [0.717, 1.165) is 17.8 Å². The maximum Gasteiger partial charge on any atom is 0.127 e. The van der Waals surface area contributed by atoms with Crippen LogP contribution in [0.3, 0.4) is 0 Å². The first-order chi connectivity index (χ1) is 3.27. The summed E-state index contributed by atoms with van der Waals surface area (Å²) in [5.41, 5.74) is 0.0463. The zero-order chi connectivity index (χ0) is 5.33. The summed E-state index contributed by atoms with van der Waals surface area (Å²) in [5.74, 6) is 2.05. The molecule has 0 N–H and O–H groups in total. The lowest BCUT2D eigenvalue weighted by Gasteiger charge is -2.31. The van der Waals surface area contributed by atoms with Crippen LogP contribution in [0.4, 0.5) is 0 Å². The summed E-state index contributed by atoms with van der Waals surface area (Å²) >= 11 is 1.84. The Morgan fingerprint density at radius 2 is 2.29 bits per heavy atom. The number of hydrogen-bond acceptors (Lipinski definition) is 2. The molecular weight excluding hydrogens is 108 g/mol. The first-order valence-corrected chi connectivity index (χ1v) is 3.46. The maximum atomic E-state index is 10.1. The number of aldehydes is 1. The summed E-state index contributed by atoms with van der Waals surface area (Å²) in [6, 6.07) is 0. The standard InChI is InChI=1S/C5H8OS/c1-5(2-6)3-7-4-5/h2H,3-4H2,1H3. The lowest BCUT2D eigenvalue weighted by molar-refractivity contribution is -0.113. The van der Waals surface area contributed by atoms with Crippen LogP contribution >= 0.6 is 11.8 Å². The van der Waals surface area contributed by atoms with Crippen molar-refractivity contribution in [1.82, 2.24) is 0 Å². The molecule has 1 nitrogen and oxygen atoms in total. The van der Waals surface area contributed by atoms with Gasteiger partial charge in [0.25, 0.3) is 0 Å². The van der Waals surface area contributed by atoms with Gasteiger partial charge in [-0.2, -0.15) is 11.8 Å². The molecule has 0 atom stereocenters. The van der Waals surface area contributed by atoms with Gasteiger partial charge in [0.1, 0.15) is 6.29 Å². The maximum absolute atomic E-state index is 10.1. The van der Waals surface area contributed by atoms with E-state index in [-0.39, 0.29) is 5.41 Å². The molecule has 1 fully saturated rings. The minimum atomic E-state index is 0.0463. The van der Waals surface area contributed by atoms with E-state index in [2.05, 4.69) is 0 Å². The molecule has 1 heterocycles. The van der Waals surface area contributed by atoms with Crippen molar-refractivity contribution in [3.8, 4) is 0 Å². The molecule has 0 aromatic rings. The molecule has 0 spiro atoms. The number of carbonyl (C=O) groups excluding carboxylic acids is 1. The highest BCUT2D eigenvalue weighted by atomic mass is 32.2. The van der Waals surface area contributed by atoms with Crippen molar-refractivity contribution in [1.29, 1.82) is 0 Å². The third-order valence-electron chi connectivity index (χ3n) is 1.15. The summed E-state index contributed by atoms with van der Waals surface area (Å²) in [4.78, 5) is 10.1. The normalized spacial score (nSPS) is 25.9. The Bertz CT molecular complexity index is 86.1. The van der Waals surface area contributed by atoms with Crippen LogP contribution in [0, 0.1) is 5.41 Å². The van der Waals surface area contributed by atoms with Crippen molar-refractivity contribution >= 4 is 18.0 Å². The van der Waals surface area contributed by atoms with Crippen LogP contribution in [0.15, 0.2) is 0 Å². The largest absolute Gasteiger partial charge is 0.303 e. The van der Waals surface area contributed by atoms with Crippen LogP contribution in [-0.2, 0) is 4.79 Å². The summed E-state index contributed by atoms with van der Waals surface area (Å²) in [6.45, 7) is 2.00. The van der Waals surface area contributed by atoms with Gasteiger partial charge in [-0.1, -0.05) is 6.92 Å². The van der Waals surface area contributed by atoms with Gasteiger partial charge in [0.2, 0.25) is 0 Å². The van der Waals surface area contributed by atoms with E-state index in [4.69, 9.17) is 0 Å². The van der Waals surface area contributed by atoms with Gasteiger partial charge in [0.05, 0.1) is 0 Å². The number of carbonyl (C=O) groups is 1. The minimum absolute atomic E-state index is 0.0463. The molecule has 40 valence electrons. The molecule has 0 aromatic heterocycles. The Morgan fingerprint density at radius 3 is 2.29 bits per heavy atom. The third-order valence-corrected chi connectivity index (χ3v) is 2.88. The summed E-state index contributed by atoms with van der Waals surface area (Å²) in [7, 11) is 0. The second-order valence-corrected chi connectivity index (χ2v) is 3.25. The van der Waals surface area contributed by atoms with E-state index in [9.17, 15) is 4.79 Å². The van der Waals surface area contributed by atoms with Gasteiger partial charge >= 0.3 is 0 Å². The highest BCUT2D eigenvalue weighted by Gasteiger charge is 2.31. The molecule has 0 radical (unpaired) electrons. The molecule has 0 saturated carbocycles. The van der Waals surface area contributed by atoms with E-state index >= 15 is 0 Å². The molecular formula is C5H8OS. The molecule has 0 amide bonds. The quantitative estimate of drug-likeness (QED) is 0.474. The average Bonchev–Trinajstić information content (AvgIpc) is 1.61. The van der Waals surface area contributed by atoms with Crippen molar-refractivity contribution < 1.29 is 4.79 Å². The molecule has 2 heteroatoms. The smallest absolute Gasteiger partial charge is 0.127 e. The minimum Gasteiger partial charge on any atom is -0.303 e. The Morgan fingerprint density at radius 1 is 1.71 bits per heavy atom. The zero-order valence-corrected chi connectivity index (χ0v) is 5.12. The fourth-order valence-corrected chi connectivity index (χ4v) is 1.48. The van der Waals surface area contributed by atoms with Crippen LogP contribution in [0.5, 0.6) is 0 Å². The van der Waals surface area contributed by atoms with Crippen molar-refractivity contribution in [3.63, 3.8) is 0 Å². The van der Waals surface area contributed by atoms with E-state index in [1.807, 2.05) is 18.7 Å². The molecule has 0 aliphatic carbocycles. The number of hydrogen-bond donors (Lipinski definition) is 0. The van der Waals surface area contributed by atoms with Crippen LogP contribution in [-0.4, -0.2) is 17.8 Å². The van der Waals surface area contributed by atoms with Crippen molar-refractivity contribution in [2.75, 3.05) is 11.5 Å². The first kappa shape index (κ1) is 5.16. The zero-order valence-electron chi connectivity index (χ0n) is 4.31. The van der Waals surface area contributed by atoms with Crippen molar-refractivity contribution in [2.45, 2.75) is 6.92 Å². The molecule has 0 unspecified atom stereocenters. The van der Waals surface area contributed by atoms with Gasteiger partial charge in [-0.15, -0.1) is 0 Å². The van der Waals surface area contributed by atoms with Gasteiger partial charge in [-0.3, -0.25) is 0 Å². The average molecular weight is 116 g/mol. The molecule has 1 rings (SSSR count). The predicted molar refractivity (Wildman–Crippen MR) is 31.5 cm³/mol. The Hall–Kier alpha value is 0.0200. The van der Waals surface area contributed by atoms with E-state index in [1.165, 1.54) is 0 Å². The SMILES string of the molecule is CC1(C=O)CSC1.